The third kappa shape index (κ3) is 0.756. The first-order valence-corrected chi connectivity index (χ1v) is 3.25. The van der Waals surface area contributed by atoms with Crippen molar-refractivity contribution in [2.45, 2.75) is 0 Å². The highest BCUT2D eigenvalue weighted by atomic mass is 16.3. The lowest BCUT2D eigenvalue weighted by molar-refractivity contribution is 0.456. The third-order valence-electron chi connectivity index (χ3n) is 1.63. The van der Waals surface area contributed by atoms with Crippen molar-refractivity contribution in [1.82, 2.24) is 14.8 Å². The van der Waals surface area contributed by atoms with Gasteiger partial charge in [-0.3, -0.25) is 4.68 Å². The maximum absolute atomic E-state index is 9.27. The van der Waals surface area contributed by atoms with E-state index in [2.05, 4.69) is 10.1 Å². The molecule has 0 spiro atoms. The summed E-state index contributed by atoms with van der Waals surface area (Å²) < 4.78 is 1.59. The maximum atomic E-state index is 9.27. The van der Waals surface area contributed by atoms with E-state index in [-0.39, 0.29) is 5.88 Å². The second-order valence-electron chi connectivity index (χ2n) is 2.34. The van der Waals surface area contributed by atoms with Gasteiger partial charge in [0.1, 0.15) is 5.52 Å². The number of hydrogen-bond donors (Lipinski definition) is 1. The fraction of sp³-hybridized carbons (Fsp3) is 0.143. The lowest BCUT2D eigenvalue weighted by Gasteiger charge is -1.94. The van der Waals surface area contributed by atoms with E-state index >= 15 is 0 Å². The van der Waals surface area contributed by atoms with Crippen LogP contribution in [0.5, 0.6) is 5.88 Å². The van der Waals surface area contributed by atoms with Gasteiger partial charge in [0.25, 0.3) is 0 Å². The summed E-state index contributed by atoms with van der Waals surface area (Å²) in [4.78, 5) is 3.74. The Morgan fingerprint density at radius 1 is 1.55 bits per heavy atom. The summed E-state index contributed by atoms with van der Waals surface area (Å²) in [6.07, 6.45) is 3.25. The molecule has 0 aliphatic carbocycles. The summed E-state index contributed by atoms with van der Waals surface area (Å²) in [6.45, 7) is 0. The molecule has 1 N–H and O–H groups in total. The topological polar surface area (TPSA) is 50.9 Å². The van der Waals surface area contributed by atoms with Gasteiger partial charge in [0, 0.05) is 18.6 Å². The van der Waals surface area contributed by atoms with Crippen molar-refractivity contribution >= 4 is 10.9 Å². The largest absolute Gasteiger partial charge is 0.492 e. The molecule has 0 bridgehead atoms. The molecule has 0 saturated carbocycles. The van der Waals surface area contributed by atoms with Gasteiger partial charge in [-0.25, -0.2) is 4.98 Å². The van der Waals surface area contributed by atoms with Gasteiger partial charge < -0.3 is 5.11 Å². The monoisotopic (exact) mass is 149 g/mol. The fourth-order valence-corrected chi connectivity index (χ4v) is 1.10. The van der Waals surface area contributed by atoms with Crippen molar-refractivity contribution in [2.75, 3.05) is 0 Å². The SMILES string of the molecule is Cn1ncc2ccnc(O)c21. The molecule has 56 valence electrons. The van der Waals surface area contributed by atoms with Crippen LogP contribution in [0.15, 0.2) is 18.5 Å². The summed E-state index contributed by atoms with van der Waals surface area (Å²) in [7, 11) is 1.77. The molecule has 0 atom stereocenters. The Hall–Kier alpha value is -1.58. The minimum absolute atomic E-state index is 0.0301. The molecule has 0 aliphatic rings. The Morgan fingerprint density at radius 2 is 2.36 bits per heavy atom. The van der Waals surface area contributed by atoms with Crippen molar-refractivity contribution in [3.05, 3.63) is 18.5 Å². The molecular weight excluding hydrogens is 142 g/mol. The molecule has 0 saturated heterocycles. The average Bonchev–Trinajstić information content (AvgIpc) is 2.34. The highest BCUT2D eigenvalue weighted by molar-refractivity contribution is 5.82. The van der Waals surface area contributed by atoms with Gasteiger partial charge >= 0.3 is 0 Å². The van der Waals surface area contributed by atoms with Crippen molar-refractivity contribution in [3.63, 3.8) is 0 Å². The van der Waals surface area contributed by atoms with Gasteiger partial charge in [-0.05, 0) is 6.07 Å². The van der Waals surface area contributed by atoms with E-state index in [4.69, 9.17) is 0 Å². The van der Waals surface area contributed by atoms with E-state index in [1.807, 2.05) is 6.07 Å². The third-order valence-corrected chi connectivity index (χ3v) is 1.63. The summed E-state index contributed by atoms with van der Waals surface area (Å²) in [6, 6.07) is 1.81. The number of aromatic hydroxyl groups is 1. The van der Waals surface area contributed by atoms with E-state index < -0.39 is 0 Å². The summed E-state index contributed by atoms with van der Waals surface area (Å²) >= 11 is 0. The van der Waals surface area contributed by atoms with Crippen LogP contribution < -0.4 is 0 Å². The molecule has 2 aromatic heterocycles. The highest BCUT2D eigenvalue weighted by Crippen LogP contribution is 2.19. The van der Waals surface area contributed by atoms with E-state index in [1.165, 1.54) is 0 Å². The smallest absolute Gasteiger partial charge is 0.237 e. The summed E-state index contributed by atoms with van der Waals surface area (Å²) in [5, 5.41) is 14.1. The Balaban J connectivity index is 2.96. The lowest BCUT2D eigenvalue weighted by Crippen LogP contribution is -1.89. The molecule has 0 aliphatic heterocycles. The van der Waals surface area contributed by atoms with Crippen molar-refractivity contribution in [1.29, 1.82) is 0 Å². The molecule has 2 rings (SSSR count). The van der Waals surface area contributed by atoms with Crippen LogP contribution in [0.25, 0.3) is 10.9 Å². The average molecular weight is 149 g/mol. The maximum Gasteiger partial charge on any atom is 0.237 e. The predicted molar refractivity (Wildman–Crippen MR) is 40.2 cm³/mol. The van der Waals surface area contributed by atoms with Crippen LogP contribution in [0.1, 0.15) is 0 Å². The summed E-state index contributed by atoms with van der Waals surface area (Å²) in [5.41, 5.74) is 0.674. The standard InChI is InChI=1S/C7H7N3O/c1-10-6-5(4-9-10)2-3-8-7(6)11/h2-4H,1H3,(H,8,11). The molecule has 0 aromatic carbocycles. The van der Waals surface area contributed by atoms with Gasteiger partial charge in [-0.2, -0.15) is 5.10 Å². The lowest BCUT2D eigenvalue weighted by atomic mass is 10.3. The number of aromatic nitrogens is 3. The van der Waals surface area contributed by atoms with Crippen molar-refractivity contribution in [2.24, 2.45) is 7.05 Å². The van der Waals surface area contributed by atoms with Crippen LogP contribution in [0.4, 0.5) is 0 Å². The van der Waals surface area contributed by atoms with Gasteiger partial charge in [-0.1, -0.05) is 0 Å². The van der Waals surface area contributed by atoms with Crippen molar-refractivity contribution in [3.8, 4) is 5.88 Å². The Kier molecular flexibility index (Phi) is 1.09. The van der Waals surface area contributed by atoms with Gasteiger partial charge in [-0.15, -0.1) is 0 Å². The summed E-state index contributed by atoms with van der Waals surface area (Å²) in [5.74, 6) is 0.0301. The quantitative estimate of drug-likeness (QED) is 0.599. The molecule has 0 radical (unpaired) electrons. The highest BCUT2D eigenvalue weighted by Gasteiger charge is 2.03. The first-order chi connectivity index (χ1) is 5.29. The van der Waals surface area contributed by atoms with Crippen LogP contribution in [0.2, 0.25) is 0 Å². The zero-order valence-corrected chi connectivity index (χ0v) is 6.02. The molecule has 4 heteroatoms. The van der Waals surface area contributed by atoms with Gasteiger partial charge in [0.2, 0.25) is 5.88 Å². The van der Waals surface area contributed by atoms with Gasteiger partial charge in [0.15, 0.2) is 0 Å². The number of fused-ring (bicyclic) bond motifs is 1. The Morgan fingerprint density at radius 3 is 3.09 bits per heavy atom. The number of aryl methyl sites for hydroxylation is 1. The first-order valence-electron chi connectivity index (χ1n) is 3.25. The number of pyridine rings is 1. The molecule has 0 unspecified atom stereocenters. The zero-order chi connectivity index (χ0) is 7.84. The zero-order valence-electron chi connectivity index (χ0n) is 6.02. The van der Waals surface area contributed by atoms with Crippen LogP contribution in [-0.2, 0) is 7.05 Å². The predicted octanol–water partition coefficient (Wildman–Crippen LogP) is 0.674. The molecule has 11 heavy (non-hydrogen) atoms. The second kappa shape index (κ2) is 1.95. The second-order valence-corrected chi connectivity index (χ2v) is 2.34. The fourth-order valence-electron chi connectivity index (χ4n) is 1.10. The molecule has 4 nitrogen and oxygen atoms in total. The van der Waals surface area contributed by atoms with Crippen LogP contribution in [0.3, 0.4) is 0 Å². The van der Waals surface area contributed by atoms with E-state index in [0.29, 0.717) is 5.52 Å². The van der Waals surface area contributed by atoms with Crippen LogP contribution in [0, 0.1) is 0 Å². The Labute approximate surface area is 63.1 Å². The van der Waals surface area contributed by atoms with Gasteiger partial charge in [0.05, 0.1) is 6.20 Å². The Bertz CT molecular complexity index is 393. The van der Waals surface area contributed by atoms with E-state index in [1.54, 1.807) is 24.1 Å². The normalized spacial score (nSPS) is 10.6. The molecule has 2 aromatic rings. The first kappa shape index (κ1) is 6.15. The van der Waals surface area contributed by atoms with Crippen LogP contribution in [-0.4, -0.2) is 19.9 Å². The van der Waals surface area contributed by atoms with Crippen molar-refractivity contribution < 1.29 is 5.11 Å². The minimum atomic E-state index is 0.0301. The minimum Gasteiger partial charge on any atom is -0.492 e. The molecular formula is C7H7N3O. The van der Waals surface area contributed by atoms with E-state index in [0.717, 1.165) is 5.39 Å². The molecule has 0 fully saturated rings. The number of rotatable bonds is 0. The molecule has 0 amide bonds. The van der Waals surface area contributed by atoms with Crippen LogP contribution >= 0.6 is 0 Å². The molecule has 2 heterocycles. The number of hydrogen-bond acceptors (Lipinski definition) is 3. The van der Waals surface area contributed by atoms with E-state index in [9.17, 15) is 5.11 Å². The number of nitrogens with zero attached hydrogens (tertiary/aromatic N) is 3.